The summed E-state index contributed by atoms with van der Waals surface area (Å²) in [6.45, 7) is 12.2. The summed E-state index contributed by atoms with van der Waals surface area (Å²) in [5, 5.41) is 103. The minimum atomic E-state index is -1.08. The van der Waals surface area contributed by atoms with E-state index in [-0.39, 0.29) is 10.8 Å². The van der Waals surface area contributed by atoms with Crippen LogP contribution in [0.3, 0.4) is 0 Å². The molecule has 37 rings (SSSR count). The van der Waals surface area contributed by atoms with Crippen LogP contribution < -0.4 is 18.9 Å². The fourth-order valence-electron chi connectivity index (χ4n) is 33.9. The van der Waals surface area contributed by atoms with Crippen molar-refractivity contribution in [2.24, 2.45) is 10.8 Å². The van der Waals surface area contributed by atoms with Gasteiger partial charge in [0, 0.05) is 32.9 Å². The van der Waals surface area contributed by atoms with Gasteiger partial charge in [-0.3, -0.25) is 0 Å². The number of nitrogens with zero attached hydrogens (tertiary/aromatic N) is 1. The van der Waals surface area contributed by atoms with E-state index in [1.165, 1.54) is 298 Å². The summed E-state index contributed by atoms with van der Waals surface area (Å²) < 4.78 is 29.1. The molecule has 608 valence electrons. The van der Waals surface area contributed by atoms with Crippen LogP contribution in [0.15, 0.2) is 16.8 Å². The van der Waals surface area contributed by atoms with Gasteiger partial charge in [0.25, 0.3) is 0 Å². The van der Waals surface area contributed by atoms with Gasteiger partial charge < -0.3 is 18.9 Å². The summed E-state index contributed by atoms with van der Waals surface area (Å²) in [7, 11) is 0. The van der Waals surface area contributed by atoms with Gasteiger partial charge in [0.2, 0.25) is 0 Å². The molecule has 8 heteroatoms. The van der Waals surface area contributed by atoms with Crippen molar-refractivity contribution in [1.29, 1.82) is 5.26 Å². The minimum Gasteiger partial charge on any atom is -0.488 e. The molecule has 31 aromatic rings. The smallest absolute Gasteiger partial charge is 0.180 e. The molecule has 3 aromatic heterocycles. The first-order chi connectivity index (χ1) is 62.4. The van der Waals surface area contributed by atoms with E-state index < -0.39 is 10.8 Å². The lowest BCUT2D eigenvalue weighted by Gasteiger charge is -2.47. The second kappa shape index (κ2) is 21.2. The fourth-order valence-corrected chi connectivity index (χ4v) is 37.3. The van der Waals surface area contributed by atoms with E-state index in [0.29, 0.717) is 13.2 Å². The number of nitriles is 1. The van der Waals surface area contributed by atoms with Crippen molar-refractivity contribution in [3.8, 4) is 60.4 Å². The Hall–Kier alpha value is -10.2. The molecular formula is C118H89NO4S3. The summed E-state index contributed by atoms with van der Waals surface area (Å²) in [6.07, 6.45) is 40.6. The Morgan fingerprint density at radius 1 is 0.278 bits per heavy atom. The second-order valence-electron chi connectivity index (χ2n) is 43.4. The van der Waals surface area contributed by atoms with E-state index in [1.54, 1.807) is 194 Å². The molecule has 0 bridgehead atoms. The number of fused-ring (bicyclic) bond motifs is 2. The second-order valence-corrected chi connectivity index (χ2v) is 46.2. The van der Waals surface area contributed by atoms with Crippen molar-refractivity contribution in [2.45, 2.75) is 250 Å². The molecule has 0 N–H and O–H groups in total. The van der Waals surface area contributed by atoms with Gasteiger partial charge in [-0.25, -0.2) is 0 Å². The number of rotatable bonds is 35. The lowest BCUT2D eigenvalue weighted by Crippen LogP contribution is -2.50. The van der Waals surface area contributed by atoms with Crippen molar-refractivity contribution in [3.63, 3.8) is 0 Å². The summed E-state index contributed by atoms with van der Waals surface area (Å²) in [6, 6.07) is 6.27. The highest BCUT2D eigenvalue weighted by atomic mass is 32.1. The van der Waals surface area contributed by atoms with E-state index in [4.69, 9.17) is 18.9 Å². The molecule has 126 heavy (non-hydrogen) atoms. The van der Waals surface area contributed by atoms with Crippen LogP contribution in [0.5, 0.6) is 23.0 Å². The van der Waals surface area contributed by atoms with Crippen LogP contribution in [-0.4, -0.2) is 26.4 Å². The number of aryl methyl sites for hydroxylation is 1. The topological polar surface area (TPSA) is 60.7 Å². The molecule has 0 saturated heterocycles. The molecule has 0 radical (unpaired) electrons. The number of unbranched alkanes of at least 4 members (excludes halogenated alkanes) is 23. The third-order valence-electron chi connectivity index (χ3n) is 38.0. The van der Waals surface area contributed by atoms with Gasteiger partial charge in [-0.15, -0.1) is 39.9 Å². The molecule has 2 aliphatic heterocycles. The standard InChI is InChI=1S/C118H89NO4S3/c1-5-9-13-17-23-29-35-115(36-30-24-18-14-10-6-2)44-120-49-41-124-113(110(49)122-46-115)51-40-48(112(126-51)114-111-50(42-125-114)121-45-116(47-123-111,37-31-25-19-15-11-7-3)38-32-26-20-16-12-8-4)34-28-22-21-27-33-39-117-106-98-90-80-70-62-54-52-53-56-60-58(54)66-74-68(60)78-72-64(56)65-57(53)61-59-55(52)63(62)71-77-67(59)75-69(61)79-73(65)83-82(72)92-86(78)96-88(74)94(84(90)76(66)70)100(106)102(96)108-104(92)105-93(83)87(79)97-89(75)95-85(77)91(81(71)80)99(98)107(117)101(95)103(97)109(105)118(108,117)43-119/h40-42H,5-32,34-38,44-47H2,1-4H3. The van der Waals surface area contributed by atoms with E-state index in [1.807, 2.05) is 34.0 Å². The van der Waals surface area contributed by atoms with E-state index in [0.717, 1.165) is 94.0 Å². The molecule has 5 heterocycles. The summed E-state index contributed by atoms with van der Waals surface area (Å²) >= 11 is 5.60. The van der Waals surface area contributed by atoms with Crippen molar-refractivity contribution in [1.82, 2.24) is 0 Å². The van der Waals surface area contributed by atoms with Gasteiger partial charge in [0.05, 0.1) is 47.1 Å². The molecule has 5 nitrogen and oxygen atoms in total. The van der Waals surface area contributed by atoms with Crippen LogP contribution >= 0.6 is 34.0 Å². The molecular weight excluding hydrogens is 1590 g/mol. The molecule has 0 saturated carbocycles. The minimum absolute atomic E-state index is 0.000492. The Morgan fingerprint density at radius 2 is 0.532 bits per heavy atom. The van der Waals surface area contributed by atoms with E-state index >= 15 is 0 Å². The average molecular weight is 1680 g/mol. The highest BCUT2D eigenvalue weighted by Crippen LogP contribution is 2.85. The Labute approximate surface area is 736 Å². The van der Waals surface area contributed by atoms with E-state index in [2.05, 4.69) is 62.4 Å². The highest BCUT2D eigenvalue weighted by Gasteiger charge is 2.71. The number of ether oxygens (including phenoxy) is 4. The van der Waals surface area contributed by atoms with Gasteiger partial charge in [0.1, 0.15) is 10.8 Å². The molecule has 6 aliphatic rings. The van der Waals surface area contributed by atoms with Gasteiger partial charge >= 0.3 is 0 Å². The third-order valence-corrected chi connectivity index (χ3v) is 41.4. The summed E-state index contributed by atoms with van der Waals surface area (Å²) in [5.74, 6) is 12.8. The maximum absolute atomic E-state index is 14.1. The van der Waals surface area contributed by atoms with Crippen molar-refractivity contribution in [2.75, 3.05) is 26.4 Å². The normalized spacial score (nSPS) is 19.1. The third kappa shape index (κ3) is 6.21. The van der Waals surface area contributed by atoms with Crippen LogP contribution in [0, 0.1) is 34.0 Å². The lowest BCUT2D eigenvalue weighted by atomic mass is 9.49. The summed E-state index contributed by atoms with van der Waals surface area (Å²) in [5.41, 5.74) is 4.96. The SMILES string of the molecule is CCCCCCCCC1(CCCCCCCC)COc2csc(-c3cc(CCCCCC#CC45c6c7c8c9c%10c%11c(c%12c%13c4c4c6c6c%14c7c7c8c8c%10c%10c%15c%11c%11c%12c%12c%13c%13c4c4c6c6c%14c%14c7c7c8c%10c8c%10c%15c%11c%11c%12c%12c%13c4c4c6c6c%14c7c8c7c%10c%11c%12c4c67)C95C#N)c(-c4scc5c4OCC(CCCCCCCC)(CCCCCCCC)CO5)s3)c2OC1. The summed E-state index contributed by atoms with van der Waals surface area (Å²) in [4.78, 5) is 5.03. The molecule has 28 aromatic carbocycles. The van der Waals surface area contributed by atoms with Gasteiger partial charge in [-0.05, 0) is 370 Å². The van der Waals surface area contributed by atoms with Gasteiger partial charge in [0.15, 0.2) is 23.0 Å². The van der Waals surface area contributed by atoms with Crippen LogP contribution in [0.1, 0.15) is 261 Å². The van der Waals surface area contributed by atoms with Gasteiger partial charge in [-0.2, -0.15) is 5.26 Å². The van der Waals surface area contributed by atoms with Gasteiger partial charge in [-0.1, -0.05) is 194 Å². The number of thiophene rings is 3. The molecule has 4 aliphatic carbocycles. The maximum atomic E-state index is 14.1. The largest absolute Gasteiger partial charge is 0.488 e. The first-order valence-corrected chi connectivity index (χ1v) is 52.6. The number of hydrogen-bond acceptors (Lipinski definition) is 8. The molecule has 0 amide bonds. The monoisotopic (exact) mass is 1680 g/mol. The average Bonchev–Trinajstić information content (AvgIpc) is 1.38. The first-order valence-electron chi connectivity index (χ1n) is 50.0. The van der Waals surface area contributed by atoms with Crippen LogP contribution in [0.4, 0.5) is 0 Å². The van der Waals surface area contributed by atoms with Crippen LogP contribution in [0.25, 0.3) is 310 Å². The number of hydrogen-bond donors (Lipinski definition) is 0. The van der Waals surface area contributed by atoms with Crippen LogP contribution in [0.2, 0.25) is 0 Å². The van der Waals surface area contributed by atoms with Crippen molar-refractivity contribution < 1.29 is 18.9 Å². The molecule has 0 fully saturated rings. The highest BCUT2D eigenvalue weighted by molar-refractivity contribution is 7.26. The molecule has 0 spiro atoms. The molecule has 0 unspecified atom stereocenters. The number of benzene rings is 18. The lowest BCUT2D eigenvalue weighted by molar-refractivity contribution is 0.0783. The van der Waals surface area contributed by atoms with Crippen molar-refractivity contribution >= 4 is 325 Å². The Balaban J connectivity index is 0.517. The van der Waals surface area contributed by atoms with E-state index in [9.17, 15) is 5.26 Å². The van der Waals surface area contributed by atoms with Crippen molar-refractivity contribution in [3.05, 3.63) is 44.6 Å². The molecule has 0 atom stereocenters. The Kier molecular flexibility index (Phi) is 11.3. The zero-order valence-corrected chi connectivity index (χ0v) is 74.6. The Morgan fingerprint density at radius 3 is 0.833 bits per heavy atom. The fraction of sp³-hybridized carbons (Fsp3) is 0.381. The predicted octanol–water partition coefficient (Wildman–Crippen LogP) is 35.7. The zero-order chi connectivity index (χ0) is 81.0. The Bertz CT molecular complexity index is 9400. The predicted molar refractivity (Wildman–Crippen MR) is 539 cm³/mol. The quantitative estimate of drug-likeness (QED) is 0.0225. The first kappa shape index (κ1) is 67.1. The van der Waals surface area contributed by atoms with Crippen LogP contribution in [-0.2, 0) is 17.3 Å². The maximum Gasteiger partial charge on any atom is 0.180 e. The zero-order valence-electron chi connectivity index (χ0n) is 72.2.